The molecule has 4 rings (SSSR count). The molecule has 0 N–H and O–H groups in total. The number of aryl methyl sites for hydroxylation is 2. The lowest BCUT2D eigenvalue weighted by Gasteiger charge is -2.36. The first-order chi connectivity index (χ1) is 14.0. The normalized spacial score (nSPS) is 19.6. The Labute approximate surface area is 178 Å². The molecule has 2 fully saturated rings. The fourth-order valence-corrected chi connectivity index (χ4v) is 5.20. The van der Waals surface area contributed by atoms with E-state index in [0.717, 1.165) is 81.4 Å². The topological polar surface area (TPSA) is 44.7 Å². The second kappa shape index (κ2) is 9.25. The number of hydrogen-bond acceptors (Lipinski definition) is 7. The summed E-state index contributed by atoms with van der Waals surface area (Å²) in [5.41, 5.74) is 1.35. The van der Waals surface area contributed by atoms with Crippen molar-refractivity contribution >= 4 is 27.4 Å². The number of anilines is 1. The standard InChI is InChI=1S/C22H35N5OS/c1-16(2)5-6-25-7-9-27(10-8-25)21-20-17(3)18(4)29-22(20)24-19(23-21)15-26-11-13-28-14-12-26/h16H,5-15H2,1-4H3. The average molecular weight is 418 g/mol. The first kappa shape index (κ1) is 21.0. The molecule has 160 valence electrons. The van der Waals surface area contributed by atoms with E-state index in [1.807, 2.05) is 11.3 Å². The van der Waals surface area contributed by atoms with Crippen LogP contribution in [0.3, 0.4) is 0 Å². The van der Waals surface area contributed by atoms with Crippen LogP contribution in [0.15, 0.2) is 0 Å². The number of fused-ring (bicyclic) bond motifs is 1. The van der Waals surface area contributed by atoms with E-state index in [4.69, 9.17) is 14.7 Å². The third-order valence-electron chi connectivity index (χ3n) is 6.22. The number of hydrogen-bond donors (Lipinski definition) is 0. The smallest absolute Gasteiger partial charge is 0.146 e. The van der Waals surface area contributed by atoms with Gasteiger partial charge >= 0.3 is 0 Å². The minimum atomic E-state index is 0.772. The molecule has 2 aromatic heterocycles. The van der Waals surface area contributed by atoms with Crippen LogP contribution in [0.5, 0.6) is 0 Å². The predicted molar refractivity (Wildman–Crippen MR) is 121 cm³/mol. The molecule has 4 heterocycles. The van der Waals surface area contributed by atoms with Gasteiger partial charge in [0.2, 0.25) is 0 Å². The lowest BCUT2D eigenvalue weighted by atomic mass is 10.1. The van der Waals surface area contributed by atoms with Crippen molar-refractivity contribution in [3.05, 3.63) is 16.3 Å². The average Bonchev–Trinajstić information content (AvgIpc) is 3.00. The Morgan fingerprint density at radius 2 is 1.69 bits per heavy atom. The van der Waals surface area contributed by atoms with Crippen LogP contribution in [0.4, 0.5) is 5.82 Å². The molecule has 0 atom stereocenters. The molecule has 0 bridgehead atoms. The molecule has 0 saturated carbocycles. The largest absolute Gasteiger partial charge is 0.379 e. The third kappa shape index (κ3) is 4.90. The van der Waals surface area contributed by atoms with E-state index >= 15 is 0 Å². The monoisotopic (exact) mass is 417 g/mol. The Morgan fingerprint density at radius 1 is 0.966 bits per heavy atom. The van der Waals surface area contributed by atoms with Crippen LogP contribution in [0, 0.1) is 19.8 Å². The summed E-state index contributed by atoms with van der Waals surface area (Å²) >= 11 is 1.81. The highest BCUT2D eigenvalue weighted by molar-refractivity contribution is 7.18. The fraction of sp³-hybridized carbons (Fsp3) is 0.727. The number of thiophene rings is 1. The fourth-order valence-electron chi connectivity index (χ4n) is 4.15. The molecule has 0 radical (unpaired) electrons. The van der Waals surface area contributed by atoms with Crippen molar-refractivity contribution in [3.8, 4) is 0 Å². The zero-order valence-electron chi connectivity index (χ0n) is 18.4. The van der Waals surface area contributed by atoms with Crippen molar-refractivity contribution in [2.75, 3.05) is 63.9 Å². The first-order valence-electron chi connectivity index (χ1n) is 11.0. The quantitative estimate of drug-likeness (QED) is 0.719. The summed E-state index contributed by atoms with van der Waals surface area (Å²) in [5.74, 6) is 2.88. The summed E-state index contributed by atoms with van der Waals surface area (Å²) in [5, 5.41) is 1.27. The molecule has 7 heteroatoms. The maximum absolute atomic E-state index is 5.50. The molecular formula is C22H35N5OS. The Bertz CT molecular complexity index is 822. The Morgan fingerprint density at radius 3 is 2.38 bits per heavy atom. The highest BCUT2D eigenvalue weighted by Crippen LogP contribution is 2.35. The van der Waals surface area contributed by atoms with Gasteiger partial charge in [-0.15, -0.1) is 11.3 Å². The van der Waals surface area contributed by atoms with Crippen LogP contribution in [0.25, 0.3) is 10.2 Å². The lowest BCUT2D eigenvalue weighted by molar-refractivity contribution is 0.0331. The lowest BCUT2D eigenvalue weighted by Crippen LogP contribution is -2.47. The van der Waals surface area contributed by atoms with Crippen LogP contribution < -0.4 is 4.90 Å². The molecule has 2 saturated heterocycles. The van der Waals surface area contributed by atoms with Gasteiger partial charge in [-0.05, 0) is 38.3 Å². The van der Waals surface area contributed by atoms with E-state index in [-0.39, 0.29) is 0 Å². The second-order valence-corrected chi connectivity index (χ2v) is 10.0. The van der Waals surface area contributed by atoms with Crippen molar-refractivity contribution in [3.63, 3.8) is 0 Å². The zero-order valence-corrected chi connectivity index (χ0v) is 19.2. The van der Waals surface area contributed by atoms with E-state index in [1.165, 1.54) is 28.8 Å². The molecule has 0 unspecified atom stereocenters. The summed E-state index contributed by atoms with van der Waals surface area (Å²) < 4.78 is 5.50. The Kier molecular flexibility index (Phi) is 6.69. The molecule has 6 nitrogen and oxygen atoms in total. The van der Waals surface area contributed by atoms with Gasteiger partial charge < -0.3 is 9.64 Å². The SMILES string of the molecule is Cc1sc2nc(CN3CCOCC3)nc(N3CCN(CCC(C)C)CC3)c2c1C. The molecule has 2 aliphatic rings. The summed E-state index contributed by atoms with van der Waals surface area (Å²) in [4.78, 5) is 20.1. The minimum absolute atomic E-state index is 0.772. The van der Waals surface area contributed by atoms with Gasteiger partial charge in [0.15, 0.2) is 0 Å². The van der Waals surface area contributed by atoms with Crippen molar-refractivity contribution < 1.29 is 4.74 Å². The zero-order chi connectivity index (χ0) is 20.4. The first-order valence-corrected chi connectivity index (χ1v) is 11.9. The summed E-state index contributed by atoms with van der Waals surface area (Å²) in [7, 11) is 0. The van der Waals surface area contributed by atoms with Crippen LogP contribution in [0.2, 0.25) is 0 Å². The minimum Gasteiger partial charge on any atom is -0.379 e. The van der Waals surface area contributed by atoms with Gasteiger partial charge in [0.25, 0.3) is 0 Å². The van der Waals surface area contributed by atoms with Gasteiger partial charge in [-0.3, -0.25) is 9.80 Å². The van der Waals surface area contributed by atoms with Gasteiger partial charge in [-0.2, -0.15) is 0 Å². The van der Waals surface area contributed by atoms with Crippen LogP contribution in [-0.4, -0.2) is 78.8 Å². The molecule has 2 aromatic rings. The van der Waals surface area contributed by atoms with Crippen LogP contribution in [-0.2, 0) is 11.3 Å². The molecule has 0 amide bonds. The molecule has 29 heavy (non-hydrogen) atoms. The maximum Gasteiger partial charge on any atom is 0.146 e. The second-order valence-electron chi connectivity index (χ2n) is 8.83. The number of ether oxygens (including phenoxy) is 1. The number of piperazine rings is 1. The summed E-state index contributed by atoms with van der Waals surface area (Å²) in [6.07, 6.45) is 1.28. The van der Waals surface area contributed by atoms with Crippen molar-refractivity contribution in [1.82, 2.24) is 19.8 Å². The van der Waals surface area contributed by atoms with E-state index < -0.39 is 0 Å². The van der Waals surface area contributed by atoms with Crippen molar-refractivity contribution in [2.45, 2.75) is 40.7 Å². The van der Waals surface area contributed by atoms with Gasteiger partial charge in [-0.25, -0.2) is 9.97 Å². The van der Waals surface area contributed by atoms with E-state index in [0.29, 0.717) is 0 Å². The van der Waals surface area contributed by atoms with Crippen LogP contribution in [0.1, 0.15) is 36.5 Å². The summed E-state index contributed by atoms with van der Waals surface area (Å²) in [6.45, 7) is 19.0. The molecular weight excluding hydrogens is 382 g/mol. The van der Waals surface area contributed by atoms with Gasteiger partial charge in [0.1, 0.15) is 16.5 Å². The van der Waals surface area contributed by atoms with E-state index in [9.17, 15) is 0 Å². The highest BCUT2D eigenvalue weighted by Gasteiger charge is 2.24. The number of nitrogens with zero attached hydrogens (tertiary/aromatic N) is 5. The predicted octanol–water partition coefficient (Wildman–Crippen LogP) is 3.31. The maximum atomic E-state index is 5.50. The third-order valence-corrected chi connectivity index (χ3v) is 7.32. The molecule has 0 aliphatic carbocycles. The Hall–Kier alpha value is -1.28. The number of rotatable bonds is 6. The highest BCUT2D eigenvalue weighted by atomic mass is 32.1. The van der Waals surface area contributed by atoms with Gasteiger partial charge in [0.05, 0.1) is 25.1 Å². The van der Waals surface area contributed by atoms with Crippen LogP contribution >= 0.6 is 11.3 Å². The van der Waals surface area contributed by atoms with Crippen molar-refractivity contribution in [1.29, 1.82) is 0 Å². The van der Waals surface area contributed by atoms with Crippen molar-refractivity contribution in [2.24, 2.45) is 5.92 Å². The molecule has 2 aliphatic heterocycles. The Balaban J connectivity index is 1.55. The van der Waals surface area contributed by atoms with Gasteiger partial charge in [0, 0.05) is 44.1 Å². The van der Waals surface area contributed by atoms with Gasteiger partial charge in [-0.1, -0.05) is 13.8 Å². The summed E-state index contributed by atoms with van der Waals surface area (Å²) in [6, 6.07) is 0. The molecule has 0 aromatic carbocycles. The van der Waals surface area contributed by atoms with E-state index in [2.05, 4.69) is 42.4 Å². The molecule has 0 spiro atoms. The number of morpholine rings is 1. The number of aromatic nitrogens is 2. The van der Waals surface area contributed by atoms with E-state index in [1.54, 1.807) is 0 Å².